The summed E-state index contributed by atoms with van der Waals surface area (Å²) in [5.41, 5.74) is 0.451. The maximum atomic E-state index is 12.1. The van der Waals surface area contributed by atoms with Crippen LogP contribution in [0.15, 0.2) is 30.3 Å². The Bertz CT molecular complexity index is 490. The summed E-state index contributed by atoms with van der Waals surface area (Å²) in [6, 6.07) is 9.61. The molecule has 1 aromatic carbocycles. The van der Waals surface area contributed by atoms with E-state index in [0.29, 0.717) is 19.5 Å². The molecule has 1 aliphatic rings. The van der Waals surface area contributed by atoms with Crippen molar-refractivity contribution in [1.29, 1.82) is 0 Å². The molecule has 0 N–H and O–H groups in total. The summed E-state index contributed by atoms with van der Waals surface area (Å²) in [7, 11) is 0. The molecule has 0 radical (unpaired) electrons. The molecule has 1 aliphatic heterocycles. The van der Waals surface area contributed by atoms with Crippen molar-refractivity contribution in [2.24, 2.45) is 0 Å². The third kappa shape index (κ3) is 3.59. The van der Waals surface area contributed by atoms with Crippen molar-refractivity contribution in [3.8, 4) is 0 Å². The van der Waals surface area contributed by atoms with E-state index in [0.717, 1.165) is 5.56 Å². The van der Waals surface area contributed by atoms with Gasteiger partial charge in [-0.2, -0.15) is 0 Å². The maximum Gasteiger partial charge on any atom is 0.410 e. The van der Waals surface area contributed by atoms with E-state index >= 15 is 0 Å². The number of likely N-dealkylation sites (tertiary alicyclic amines) is 1. The van der Waals surface area contributed by atoms with Crippen LogP contribution in [0, 0.1) is 0 Å². The van der Waals surface area contributed by atoms with E-state index in [9.17, 15) is 9.59 Å². The zero-order chi connectivity index (χ0) is 14.8. The molecule has 0 unspecified atom stereocenters. The maximum absolute atomic E-state index is 12.1. The topological polar surface area (TPSA) is 46.6 Å². The lowest BCUT2D eigenvalue weighted by Gasteiger charge is -2.33. The second kappa shape index (κ2) is 5.65. The van der Waals surface area contributed by atoms with Crippen molar-refractivity contribution in [3.63, 3.8) is 0 Å². The van der Waals surface area contributed by atoms with Crippen LogP contribution < -0.4 is 0 Å². The van der Waals surface area contributed by atoms with Crippen LogP contribution in [-0.2, 0) is 9.53 Å². The summed E-state index contributed by atoms with van der Waals surface area (Å²) in [5.74, 6) is -0.0477. The predicted molar refractivity (Wildman–Crippen MR) is 76.6 cm³/mol. The van der Waals surface area contributed by atoms with Gasteiger partial charge in [-0.3, -0.25) is 4.79 Å². The fraction of sp³-hybridized carbons (Fsp3) is 0.500. The second-order valence-corrected chi connectivity index (χ2v) is 6.11. The highest BCUT2D eigenvalue weighted by atomic mass is 16.6. The first-order valence-electron chi connectivity index (χ1n) is 6.92. The number of carbonyl (C=O) groups excluding carboxylic acids is 2. The number of Topliss-reactive ketones (excluding diaryl/α,β-unsaturated/α-hetero) is 1. The monoisotopic (exact) mass is 275 g/mol. The number of piperidine rings is 1. The Kier molecular flexibility index (Phi) is 4.12. The molecule has 0 aromatic heterocycles. The second-order valence-electron chi connectivity index (χ2n) is 6.11. The fourth-order valence-corrected chi connectivity index (χ4v) is 2.30. The summed E-state index contributed by atoms with van der Waals surface area (Å²) in [6.07, 6.45) is 0.0460. The lowest BCUT2D eigenvalue weighted by Crippen LogP contribution is -2.45. The van der Waals surface area contributed by atoms with Crippen LogP contribution in [0.4, 0.5) is 4.79 Å². The number of carbonyl (C=O) groups is 2. The van der Waals surface area contributed by atoms with Crippen molar-refractivity contribution in [2.45, 2.75) is 38.7 Å². The van der Waals surface area contributed by atoms with Gasteiger partial charge in [-0.15, -0.1) is 0 Å². The molecule has 1 heterocycles. The van der Waals surface area contributed by atoms with Crippen molar-refractivity contribution in [3.05, 3.63) is 35.9 Å². The Morgan fingerprint density at radius 1 is 1.25 bits per heavy atom. The minimum absolute atomic E-state index is 0.191. The highest BCUT2D eigenvalue weighted by Gasteiger charge is 2.32. The number of ketones is 1. The molecule has 4 nitrogen and oxygen atoms in total. The number of nitrogens with zero attached hydrogens (tertiary/aromatic N) is 1. The highest BCUT2D eigenvalue weighted by Crippen LogP contribution is 2.25. The summed E-state index contributed by atoms with van der Waals surface area (Å²) in [5, 5.41) is 0. The lowest BCUT2D eigenvalue weighted by atomic mass is 9.89. The van der Waals surface area contributed by atoms with Crippen LogP contribution in [0.2, 0.25) is 0 Å². The molecule has 0 spiro atoms. The number of hydrogen-bond acceptors (Lipinski definition) is 3. The van der Waals surface area contributed by atoms with Gasteiger partial charge in [0.2, 0.25) is 0 Å². The van der Waals surface area contributed by atoms with Gasteiger partial charge in [0.05, 0.1) is 5.92 Å². The average Bonchev–Trinajstić information content (AvgIpc) is 2.38. The average molecular weight is 275 g/mol. The molecule has 4 heteroatoms. The van der Waals surface area contributed by atoms with Gasteiger partial charge in [-0.1, -0.05) is 30.3 Å². The van der Waals surface area contributed by atoms with Gasteiger partial charge in [-0.05, 0) is 26.3 Å². The number of hydrogen-bond donors (Lipinski definition) is 0. The molecule has 1 saturated heterocycles. The first-order valence-corrected chi connectivity index (χ1v) is 6.92. The lowest BCUT2D eigenvalue weighted by molar-refractivity contribution is -0.123. The van der Waals surface area contributed by atoms with Gasteiger partial charge in [0.25, 0.3) is 0 Å². The van der Waals surface area contributed by atoms with Crippen LogP contribution in [-0.4, -0.2) is 35.5 Å². The highest BCUT2D eigenvalue weighted by molar-refractivity contribution is 5.88. The van der Waals surface area contributed by atoms with E-state index in [1.807, 2.05) is 51.1 Å². The summed E-state index contributed by atoms with van der Waals surface area (Å²) >= 11 is 0. The zero-order valence-electron chi connectivity index (χ0n) is 12.3. The van der Waals surface area contributed by atoms with Gasteiger partial charge in [0.1, 0.15) is 11.4 Å². The Labute approximate surface area is 119 Å². The normalized spacial score (nSPS) is 19.9. The predicted octanol–water partition coefficient (Wildman–Crippen LogP) is 2.98. The van der Waals surface area contributed by atoms with E-state index in [4.69, 9.17) is 4.74 Å². The van der Waals surface area contributed by atoms with Gasteiger partial charge >= 0.3 is 6.09 Å². The van der Waals surface area contributed by atoms with Crippen LogP contribution in [0.1, 0.15) is 38.7 Å². The number of rotatable bonds is 1. The summed E-state index contributed by atoms with van der Waals surface area (Å²) in [6.45, 7) is 6.37. The minimum Gasteiger partial charge on any atom is -0.444 e. The van der Waals surface area contributed by atoms with Crippen molar-refractivity contribution >= 4 is 11.9 Å². The van der Waals surface area contributed by atoms with E-state index in [1.54, 1.807) is 4.90 Å². The SMILES string of the molecule is CC(C)(C)OC(=O)N1CCC(=O)[C@@H](c2ccccc2)C1. The first kappa shape index (κ1) is 14.6. The molecule has 2 rings (SSSR count). The zero-order valence-corrected chi connectivity index (χ0v) is 12.3. The largest absolute Gasteiger partial charge is 0.444 e. The molecule has 1 fully saturated rings. The Morgan fingerprint density at radius 3 is 2.50 bits per heavy atom. The third-order valence-electron chi connectivity index (χ3n) is 3.27. The van der Waals surface area contributed by atoms with Crippen LogP contribution in [0.25, 0.3) is 0 Å². The standard InChI is InChI=1S/C16H21NO3/c1-16(2,3)20-15(19)17-10-9-14(18)13(11-17)12-7-5-4-6-8-12/h4-8,13H,9-11H2,1-3H3/t13-/m1/s1. The van der Waals surface area contributed by atoms with Crippen LogP contribution >= 0.6 is 0 Å². The molecule has 1 atom stereocenters. The molecule has 0 saturated carbocycles. The van der Waals surface area contributed by atoms with Gasteiger partial charge in [-0.25, -0.2) is 4.79 Å². The molecular weight excluding hydrogens is 254 g/mol. The quantitative estimate of drug-likeness (QED) is 0.791. The summed E-state index contributed by atoms with van der Waals surface area (Å²) in [4.78, 5) is 25.8. The Balaban J connectivity index is 2.09. The smallest absolute Gasteiger partial charge is 0.410 e. The van der Waals surface area contributed by atoms with E-state index in [1.165, 1.54) is 0 Å². The van der Waals surface area contributed by atoms with E-state index in [-0.39, 0.29) is 17.8 Å². The molecule has 20 heavy (non-hydrogen) atoms. The molecule has 108 valence electrons. The van der Waals surface area contributed by atoms with Gasteiger partial charge in [0, 0.05) is 19.5 Å². The van der Waals surface area contributed by atoms with E-state index in [2.05, 4.69) is 0 Å². The van der Waals surface area contributed by atoms with Gasteiger partial charge in [0.15, 0.2) is 0 Å². The molecule has 1 amide bonds. The van der Waals surface area contributed by atoms with Crippen molar-refractivity contribution in [2.75, 3.05) is 13.1 Å². The third-order valence-corrected chi connectivity index (χ3v) is 3.27. The van der Waals surface area contributed by atoms with Crippen molar-refractivity contribution < 1.29 is 14.3 Å². The molecular formula is C16H21NO3. The van der Waals surface area contributed by atoms with Crippen molar-refractivity contribution in [1.82, 2.24) is 4.90 Å². The fourth-order valence-electron chi connectivity index (χ4n) is 2.30. The number of benzene rings is 1. The molecule has 0 bridgehead atoms. The van der Waals surface area contributed by atoms with E-state index < -0.39 is 5.60 Å². The molecule has 0 aliphatic carbocycles. The number of amides is 1. The summed E-state index contributed by atoms with van der Waals surface area (Å²) < 4.78 is 5.37. The van der Waals surface area contributed by atoms with Crippen LogP contribution in [0.3, 0.4) is 0 Å². The van der Waals surface area contributed by atoms with Crippen LogP contribution in [0.5, 0.6) is 0 Å². The number of ether oxygens (including phenoxy) is 1. The Hall–Kier alpha value is -1.84. The first-order chi connectivity index (χ1) is 9.37. The minimum atomic E-state index is -0.513. The van der Waals surface area contributed by atoms with Gasteiger partial charge < -0.3 is 9.64 Å². The Morgan fingerprint density at radius 2 is 1.90 bits per heavy atom. The molecule has 1 aromatic rings.